The van der Waals surface area contributed by atoms with Gasteiger partial charge in [-0.05, 0) is 66.9 Å². The fourth-order valence-corrected chi connectivity index (χ4v) is 3.73. The van der Waals surface area contributed by atoms with Gasteiger partial charge in [0.15, 0.2) is 5.82 Å². The molecule has 1 aromatic heterocycles. The first-order chi connectivity index (χ1) is 14.2. The van der Waals surface area contributed by atoms with E-state index in [4.69, 9.17) is 17.0 Å². The zero-order chi connectivity index (χ0) is 20.1. The second-order valence-electron chi connectivity index (χ2n) is 7.17. The van der Waals surface area contributed by atoms with Crippen LogP contribution in [0.25, 0.3) is 0 Å². The molecule has 3 aromatic rings. The van der Waals surface area contributed by atoms with Crippen LogP contribution in [0.4, 0.5) is 5.69 Å². The van der Waals surface area contributed by atoms with Crippen LogP contribution in [0.5, 0.6) is 5.75 Å². The van der Waals surface area contributed by atoms with Crippen molar-refractivity contribution in [3.05, 3.63) is 70.3 Å². The van der Waals surface area contributed by atoms with Crippen molar-refractivity contribution in [1.82, 2.24) is 14.9 Å². The molecule has 0 saturated carbocycles. The van der Waals surface area contributed by atoms with Crippen LogP contribution in [0.1, 0.15) is 36.2 Å². The maximum absolute atomic E-state index is 5.35. The second-order valence-corrected chi connectivity index (χ2v) is 7.55. The highest BCUT2D eigenvalue weighted by molar-refractivity contribution is 7.71. The Morgan fingerprint density at radius 3 is 2.48 bits per heavy atom. The van der Waals surface area contributed by atoms with Crippen molar-refractivity contribution >= 4 is 24.1 Å². The standard InChI is InChI=1S/C22H25N5OS/c1-28-20-11-7-17(8-12-20)15-21-24-25-22(29)27(21)23-16-18-5-9-19(10-6-18)26-13-3-2-4-14-26/h5-12,16H,2-4,13-15H2,1H3,(H,25,29)/b23-16-. The molecule has 0 spiro atoms. The van der Waals surface area contributed by atoms with Crippen molar-refractivity contribution in [1.29, 1.82) is 0 Å². The molecule has 4 rings (SSSR count). The summed E-state index contributed by atoms with van der Waals surface area (Å²) in [7, 11) is 1.66. The van der Waals surface area contributed by atoms with E-state index >= 15 is 0 Å². The fourth-order valence-electron chi connectivity index (χ4n) is 3.53. The molecule has 0 unspecified atom stereocenters. The van der Waals surface area contributed by atoms with Crippen LogP contribution in [0, 0.1) is 4.77 Å². The lowest BCUT2D eigenvalue weighted by atomic mass is 10.1. The van der Waals surface area contributed by atoms with Crippen LogP contribution >= 0.6 is 12.2 Å². The number of ether oxygens (including phenoxy) is 1. The lowest BCUT2D eigenvalue weighted by Gasteiger charge is -2.28. The summed E-state index contributed by atoms with van der Waals surface area (Å²) >= 11 is 5.35. The number of benzene rings is 2. The van der Waals surface area contributed by atoms with Crippen LogP contribution < -0.4 is 9.64 Å². The zero-order valence-electron chi connectivity index (χ0n) is 16.5. The number of anilines is 1. The first-order valence-electron chi connectivity index (χ1n) is 9.91. The number of rotatable bonds is 6. The van der Waals surface area contributed by atoms with E-state index in [1.165, 1.54) is 24.9 Å². The molecule has 0 bridgehead atoms. The summed E-state index contributed by atoms with van der Waals surface area (Å²) < 4.78 is 7.37. The zero-order valence-corrected chi connectivity index (χ0v) is 17.4. The number of aromatic amines is 1. The minimum Gasteiger partial charge on any atom is -0.497 e. The second kappa shape index (κ2) is 9.05. The Labute approximate surface area is 175 Å². The van der Waals surface area contributed by atoms with Crippen molar-refractivity contribution in [2.45, 2.75) is 25.7 Å². The average Bonchev–Trinajstić information content (AvgIpc) is 3.13. The first-order valence-corrected chi connectivity index (χ1v) is 10.3. The molecule has 2 heterocycles. The summed E-state index contributed by atoms with van der Waals surface area (Å²) in [5, 5.41) is 11.7. The summed E-state index contributed by atoms with van der Waals surface area (Å²) in [6, 6.07) is 16.4. The predicted molar refractivity (Wildman–Crippen MR) is 119 cm³/mol. The van der Waals surface area contributed by atoms with Gasteiger partial charge in [-0.15, -0.1) is 0 Å². The van der Waals surface area contributed by atoms with Crippen molar-refractivity contribution < 1.29 is 4.74 Å². The van der Waals surface area contributed by atoms with Gasteiger partial charge < -0.3 is 9.64 Å². The van der Waals surface area contributed by atoms with E-state index in [0.717, 1.165) is 35.8 Å². The molecule has 1 aliphatic heterocycles. The van der Waals surface area contributed by atoms with Crippen LogP contribution in [0.2, 0.25) is 0 Å². The van der Waals surface area contributed by atoms with Crippen molar-refractivity contribution in [3.8, 4) is 5.75 Å². The molecule has 0 amide bonds. The number of aromatic nitrogens is 3. The average molecular weight is 408 g/mol. The largest absolute Gasteiger partial charge is 0.497 e. The molecule has 7 heteroatoms. The van der Waals surface area contributed by atoms with Gasteiger partial charge in [-0.3, -0.25) is 5.10 Å². The van der Waals surface area contributed by atoms with Crippen LogP contribution in [0.3, 0.4) is 0 Å². The molecule has 1 N–H and O–H groups in total. The molecule has 0 radical (unpaired) electrons. The lowest BCUT2D eigenvalue weighted by Crippen LogP contribution is -2.29. The monoisotopic (exact) mass is 407 g/mol. The normalized spacial score (nSPS) is 14.4. The van der Waals surface area contributed by atoms with Gasteiger partial charge in [0, 0.05) is 25.2 Å². The predicted octanol–water partition coefficient (Wildman–Crippen LogP) is 4.41. The van der Waals surface area contributed by atoms with Crippen molar-refractivity contribution in [3.63, 3.8) is 0 Å². The maximum atomic E-state index is 5.35. The molecule has 0 atom stereocenters. The number of hydrogen-bond acceptors (Lipinski definition) is 5. The number of H-pyrrole nitrogens is 1. The number of hydrogen-bond donors (Lipinski definition) is 1. The molecule has 0 aliphatic carbocycles. The van der Waals surface area contributed by atoms with E-state index in [9.17, 15) is 0 Å². The smallest absolute Gasteiger partial charge is 0.216 e. The molecule has 29 heavy (non-hydrogen) atoms. The highest BCUT2D eigenvalue weighted by atomic mass is 32.1. The van der Waals surface area contributed by atoms with Gasteiger partial charge in [0.05, 0.1) is 13.3 Å². The third-order valence-corrected chi connectivity index (χ3v) is 5.44. The Hall–Kier alpha value is -2.93. The number of nitrogens with zero attached hydrogens (tertiary/aromatic N) is 4. The summed E-state index contributed by atoms with van der Waals surface area (Å²) in [6.45, 7) is 2.29. The minimum atomic E-state index is 0.481. The SMILES string of the molecule is COc1ccc(Cc2n[nH]c(=S)n2/N=C\c2ccc(N3CCCCC3)cc2)cc1. The summed E-state index contributed by atoms with van der Waals surface area (Å²) in [4.78, 5) is 2.45. The molecule has 1 saturated heterocycles. The van der Waals surface area contributed by atoms with Gasteiger partial charge in [0.2, 0.25) is 4.77 Å². The van der Waals surface area contributed by atoms with E-state index < -0.39 is 0 Å². The summed E-state index contributed by atoms with van der Waals surface area (Å²) in [5.74, 6) is 1.60. The van der Waals surface area contributed by atoms with Crippen LogP contribution in [-0.4, -0.2) is 41.3 Å². The number of piperidine rings is 1. The van der Waals surface area contributed by atoms with E-state index in [1.807, 2.05) is 30.5 Å². The molecular formula is C22H25N5OS. The van der Waals surface area contributed by atoms with Gasteiger partial charge in [0.1, 0.15) is 5.75 Å². The number of nitrogens with one attached hydrogen (secondary N) is 1. The first kappa shape index (κ1) is 19.4. The Kier molecular flexibility index (Phi) is 6.05. The molecule has 1 aliphatic rings. The summed E-state index contributed by atoms with van der Waals surface area (Å²) in [5.41, 5.74) is 3.42. The maximum Gasteiger partial charge on any atom is 0.216 e. The third kappa shape index (κ3) is 4.74. The van der Waals surface area contributed by atoms with Crippen LogP contribution in [0.15, 0.2) is 53.6 Å². The van der Waals surface area contributed by atoms with Crippen molar-refractivity contribution in [2.24, 2.45) is 5.10 Å². The van der Waals surface area contributed by atoms with Crippen LogP contribution in [-0.2, 0) is 6.42 Å². The molecular weight excluding hydrogens is 382 g/mol. The van der Waals surface area contributed by atoms with Gasteiger partial charge in [-0.25, -0.2) is 0 Å². The van der Waals surface area contributed by atoms with Gasteiger partial charge in [-0.2, -0.15) is 14.9 Å². The molecule has 150 valence electrons. The highest BCUT2D eigenvalue weighted by Crippen LogP contribution is 2.20. The molecule has 1 fully saturated rings. The van der Waals surface area contributed by atoms with E-state index in [2.05, 4.69) is 44.5 Å². The molecule has 6 nitrogen and oxygen atoms in total. The fraction of sp³-hybridized carbons (Fsp3) is 0.318. The minimum absolute atomic E-state index is 0.481. The van der Waals surface area contributed by atoms with E-state index in [0.29, 0.717) is 11.2 Å². The highest BCUT2D eigenvalue weighted by Gasteiger charge is 2.10. The Balaban J connectivity index is 1.48. The Bertz CT molecular complexity index is 1010. The van der Waals surface area contributed by atoms with E-state index in [-0.39, 0.29) is 0 Å². The quantitative estimate of drug-likeness (QED) is 0.486. The Morgan fingerprint density at radius 2 is 1.79 bits per heavy atom. The lowest BCUT2D eigenvalue weighted by molar-refractivity contribution is 0.414. The molecule has 2 aromatic carbocycles. The van der Waals surface area contributed by atoms with Gasteiger partial charge in [0.25, 0.3) is 0 Å². The number of methoxy groups -OCH3 is 1. The van der Waals surface area contributed by atoms with Crippen molar-refractivity contribution in [2.75, 3.05) is 25.1 Å². The summed E-state index contributed by atoms with van der Waals surface area (Å²) in [6.07, 6.45) is 6.34. The van der Waals surface area contributed by atoms with Gasteiger partial charge in [-0.1, -0.05) is 24.3 Å². The van der Waals surface area contributed by atoms with Gasteiger partial charge >= 0.3 is 0 Å². The Morgan fingerprint density at radius 1 is 1.07 bits per heavy atom. The topological polar surface area (TPSA) is 58.4 Å². The third-order valence-electron chi connectivity index (χ3n) is 5.18. The van der Waals surface area contributed by atoms with E-state index in [1.54, 1.807) is 11.8 Å².